The number of ketones is 1. The molecule has 1 aliphatic rings. The molecular weight excluding hydrogens is 252 g/mol. The average Bonchev–Trinajstić information content (AvgIpc) is 2.73. The number of aliphatic hydroxyl groups is 1. The molecule has 0 radical (unpaired) electrons. The molecule has 0 aromatic heterocycles. The van der Waals surface area contributed by atoms with Gasteiger partial charge in [0.25, 0.3) is 0 Å². The Labute approximate surface area is 117 Å². The van der Waals surface area contributed by atoms with E-state index >= 15 is 0 Å². The Balaban J connectivity index is 2.12. The van der Waals surface area contributed by atoms with Crippen LogP contribution in [0.25, 0.3) is 11.1 Å². The maximum absolute atomic E-state index is 11.6. The van der Waals surface area contributed by atoms with Crippen molar-refractivity contribution < 1.29 is 14.6 Å². The molecule has 0 fully saturated rings. The molecule has 1 N–H and O–H groups in total. The minimum Gasteiger partial charge on any atom is -0.468 e. The molecule has 1 atom stereocenters. The van der Waals surface area contributed by atoms with Crippen molar-refractivity contribution in [1.29, 1.82) is 0 Å². The Morgan fingerprint density at radius 1 is 1.15 bits per heavy atom. The summed E-state index contributed by atoms with van der Waals surface area (Å²) in [7, 11) is 0. The van der Waals surface area contributed by atoms with Gasteiger partial charge in [0.1, 0.15) is 11.5 Å². The van der Waals surface area contributed by atoms with E-state index in [-0.39, 0.29) is 18.5 Å². The largest absolute Gasteiger partial charge is 0.468 e. The van der Waals surface area contributed by atoms with Crippen molar-refractivity contribution in [3.63, 3.8) is 0 Å². The summed E-state index contributed by atoms with van der Waals surface area (Å²) in [6.07, 6.45) is 0.493. The summed E-state index contributed by atoms with van der Waals surface area (Å²) >= 11 is 0. The first kappa shape index (κ1) is 12.9. The first-order chi connectivity index (χ1) is 9.70. The highest BCUT2D eigenvalue weighted by atomic mass is 16.6. The Morgan fingerprint density at radius 2 is 1.90 bits per heavy atom. The summed E-state index contributed by atoms with van der Waals surface area (Å²) in [5, 5.41) is 8.88. The van der Waals surface area contributed by atoms with Gasteiger partial charge in [-0.15, -0.1) is 0 Å². The highest BCUT2D eigenvalue weighted by molar-refractivity contribution is 5.84. The van der Waals surface area contributed by atoms with Crippen LogP contribution in [0, 0.1) is 0 Å². The number of ether oxygens (including phenoxy) is 1. The fourth-order valence-electron chi connectivity index (χ4n) is 2.96. The summed E-state index contributed by atoms with van der Waals surface area (Å²) in [6.45, 7) is 1.28. The van der Waals surface area contributed by atoms with E-state index in [1.807, 2.05) is 30.3 Å². The monoisotopic (exact) mass is 268 g/mol. The molecule has 0 spiro atoms. The third-order valence-electron chi connectivity index (χ3n) is 3.75. The number of hydrogen-bond acceptors (Lipinski definition) is 3. The summed E-state index contributed by atoms with van der Waals surface area (Å²) < 4.78 is 5.15. The average molecular weight is 268 g/mol. The third kappa shape index (κ3) is 2.10. The van der Waals surface area contributed by atoms with Crippen molar-refractivity contribution >= 4 is 5.78 Å². The van der Waals surface area contributed by atoms with E-state index in [1.54, 1.807) is 6.92 Å². The lowest BCUT2D eigenvalue weighted by atomic mass is 9.92. The highest BCUT2D eigenvalue weighted by Gasteiger charge is 2.29. The molecule has 0 bridgehead atoms. The van der Waals surface area contributed by atoms with Crippen LogP contribution in [-0.4, -0.2) is 17.7 Å². The molecule has 102 valence electrons. The number of rotatable bonds is 4. The smallest absolute Gasteiger partial charge is 0.186 e. The zero-order valence-corrected chi connectivity index (χ0v) is 11.3. The van der Waals surface area contributed by atoms with Gasteiger partial charge >= 0.3 is 0 Å². The minimum absolute atomic E-state index is 0.0842. The molecule has 1 unspecified atom stereocenters. The minimum atomic E-state index is -0.344. The fourth-order valence-corrected chi connectivity index (χ4v) is 2.96. The van der Waals surface area contributed by atoms with Crippen LogP contribution in [0.15, 0.2) is 42.5 Å². The van der Waals surface area contributed by atoms with Crippen LogP contribution in [0.2, 0.25) is 0 Å². The summed E-state index contributed by atoms with van der Waals surface area (Å²) in [6, 6.07) is 14.0. The van der Waals surface area contributed by atoms with E-state index in [1.165, 1.54) is 11.1 Å². The predicted molar refractivity (Wildman–Crippen MR) is 76.7 cm³/mol. The fraction of sp³-hybridized carbons (Fsp3) is 0.235. The molecule has 0 saturated heterocycles. The molecule has 0 aliphatic heterocycles. The van der Waals surface area contributed by atoms with E-state index in [0.717, 1.165) is 11.1 Å². The molecule has 2 aromatic carbocycles. The predicted octanol–water partition coefficient (Wildman–Crippen LogP) is 3.11. The Hall–Kier alpha value is -2.13. The second-order valence-corrected chi connectivity index (χ2v) is 5.07. The van der Waals surface area contributed by atoms with Gasteiger partial charge in [-0.1, -0.05) is 30.3 Å². The Kier molecular flexibility index (Phi) is 3.28. The molecule has 0 heterocycles. The number of carbonyl (C=O) groups excluding carboxylic acids is 1. The molecule has 1 aliphatic carbocycles. The van der Waals surface area contributed by atoms with Crippen LogP contribution in [0.1, 0.15) is 30.4 Å². The second-order valence-electron chi connectivity index (χ2n) is 5.07. The van der Waals surface area contributed by atoms with Crippen molar-refractivity contribution in [3.05, 3.63) is 53.6 Å². The van der Waals surface area contributed by atoms with Gasteiger partial charge in [0.05, 0.1) is 0 Å². The van der Waals surface area contributed by atoms with Crippen LogP contribution in [-0.2, 0) is 4.79 Å². The van der Waals surface area contributed by atoms with Crippen LogP contribution in [0.4, 0.5) is 0 Å². The van der Waals surface area contributed by atoms with Crippen molar-refractivity contribution in [2.75, 3.05) is 6.79 Å². The summed E-state index contributed by atoms with van der Waals surface area (Å²) in [5.41, 5.74) is 4.63. The molecule has 2 aromatic rings. The zero-order valence-electron chi connectivity index (χ0n) is 11.3. The number of aliphatic hydroxyl groups excluding tert-OH is 1. The second kappa shape index (κ2) is 5.10. The van der Waals surface area contributed by atoms with E-state index < -0.39 is 0 Å². The van der Waals surface area contributed by atoms with E-state index in [4.69, 9.17) is 9.84 Å². The van der Waals surface area contributed by atoms with Crippen molar-refractivity contribution in [1.82, 2.24) is 0 Å². The summed E-state index contributed by atoms with van der Waals surface area (Å²) in [5.74, 6) is 0.889. The number of hydrogen-bond donors (Lipinski definition) is 1. The topological polar surface area (TPSA) is 46.5 Å². The number of fused-ring (bicyclic) bond motifs is 3. The lowest BCUT2D eigenvalue weighted by molar-refractivity contribution is -0.117. The molecule has 3 heteroatoms. The summed E-state index contributed by atoms with van der Waals surface area (Å²) in [4.78, 5) is 11.6. The van der Waals surface area contributed by atoms with Crippen molar-refractivity contribution in [3.8, 4) is 16.9 Å². The van der Waals surface area contributed by atoms with Gasteiger partial charge in [0, 0.05) is 12.3 Å². The lowest BCUT2D eigenvalue weighted by Crippen LogP contribution is -2.03. The molecule has 0 amide bonds. The highest BCUT2D eigenvalue weighted by Crippen LogP contribution is 2.47. The quantitative estimate of drug-likeness (QED) is 0.867. The number of Topliss-reactive ketones (excluding diaryl/α,β-unsaturated/α-hetero) is 1. The molecule has 3 nitrogen and oxygen atoms in total. The Bertz CT molecular complexity index is 661. The molecule has 3 rings (SSSR count). The number of carbonyl (C=O) groups is 1. The van der Waals surface area contributed by atoms with Crippen LogP contribution < -0.4 is 4.74 Å². The SMILES string of the molecule is CC(=O)CC1c2ccccc2-c2ccc(OCO)cc21. The van der Waals surface area contributed by atoms with Gasteiger partial charge in [0.2, 0.25) is 0 Å². The van der Waals surface area contributed by atoms with Gasteiger partial charge in [-0.25, -0.2) is 0 Å². The maximum Gasteiger partial charge on any atom is 0.186 e. The van der Waals surface area contributed by atoms with Gasteiger partial charge in [-0.05, 0) is 41.3 Å². The molecular formula is C17H16O3. The maximum atomic E-state index is 11.6. The molecule has 0 saturated carbocycles. The first-order valence-electron chi connectivity index (χ1n) is 6.67. The normalized spacial score (nSPS) is 15.6. The molecule has 20 heavy (non-hydrogen) atoms. The van der Waals surface area contributed by atoms with Crippen LogP contribution in [0.3, 0.4) is 0 Å². The first-order valence-corrected chi connectivity index (χ1v) is 6.67. The van der Waals surface area contributed by atoms with E-state index in [0.29, 0.717) is 12.2 Å². The van der Waals surface area contributed by atoms with Gasteiger partial charge < -0.3 is 9.84 Å². The van der Waals surface area contributed by atoms with E-state index in [2.05, 4.69) is 12.1 Å². The van der Waals surface area contributed by atoms with Crippen molar-refractivity contribution in [2.24, 2.45) is 0 Å². The van der Waals surface area contributed by atoms with E-state index in [9.17, 15) is 4.79 Å². The Morgan fingerprint density at radius 3 is 2.65 bits per heavy atom. The van der Waals surface area contributed by atoms with Crippen molar-refractivity contribution in [2.45, 2.75) is 19.3 Å². The van der Waals surface area contributed by atoms with Gasteiger partial charge in [0.15, 0.2) is 6.79 Å². The zero-order chi connectivity index (χ0) is 14.1. The van der Waals surface area contributed by atoms with Crippen LogP contribution >= 0.6 is 0 Å². The van der Waals surface area contributed by atoms with Gasteiger partial charge in [-0.3, -0.25) is 4.79 Å². The van der Waals surface area contributed by atoms with Gasteiger partial charge in [-0.2, -0.15) is 0 Å². The standard InChI is InChI=1S/C17H16O3/c1-11(19)8-16-14-5-3-2-4-13(14)15-7-6-12(20-10-18)9-17(15)16/h2-7,9,16,18H,8,10H2,1H3. The lowest BCUT2D eigenvalue weighted by Gasteiger charge is -2.12. The number of benzene rings is 2. The third-order valence-corrected chi connectivity index (χ3v) is 3.75. The van der Waals surface area contributed by atoms with Crippen LogP contribution in [0.5, 0.6) is 5.75 Å².